The Morgan fingerprint density at radius 2 is 1.10 bits per heavy atom. The Morgan fingerprint density at radius 3 is 1.86 bits per heavy atom. The Bertz CT molecular complexity index is 3050. The van der Waals surface area contributed by atoms with Crippen LogP contribution in [0.15, 0.2) is 150 Å². The van der Waals surface area contributed by atoms with E-state index in [0.29, 0.717) is 0 Å². The van der Waals surface area contributed by atoms with Crippen molar-refractivity contribution in [2.45, 2.75) is 19.3 Å². The first-order valence-electron chi connectivity index (χ1n) is 17.0. The molecule has 3 nitrogen and oxygen atoms in total. The normalized spacial score (nSPS) is 13.8. The van der Waals surface area contributed by atoms with Gasteiger partial charge in [0.1, 0.15) is 0 Å². The van der Waals surface area contributed by atoms with Gasteiger partial charge in [-0.25, -0.2) is 0 Å². The van der Waals surface area contributed by atoms with Crippen molar-refractivity contribution in [3.05, 3.63) is 167 Å². The average Bonchev–Trinajstić information content (AvgIpc) is 3.74. The van der Waals surface area contributed by atoms with E-state index in [1.807, 2.05) is 22.6 Å². The van der Waals surface area contributed by atoms with Crippen molar-refractivity contribution in [1.82, 2.24) is 8.97 Å². The van der Waals surface area contributed by atoms with E-state index in [2.05, 4.69) is 146 Å². The summed E-state index contributed by atoms with van der Waals surface area (Å²) in [6.07, 6.45) is 0. The molecular formula is C46H30N2O. The Kier molecular flexibility index (Phi) is 5.06. The predicted molar refractivity (Wildman–Crippen MR) is 205 cm³/mol. The summed E-state index contributed by atoms with van der Waals surface area (Å²) in [6, 6.07) is 52.2. The van der Waals surface area contributed by atoms with Crippen molar-refractivity contribution >= 4 is 59.8 Å². The van der Waals surface area contributed by atoms with Crippen LogP contribution in [0.2, 0.25) is 0 Å². The molecule has 3 heterocycles. The minimum atomic E-state index is -0.179. The third kappa shape index (κ3) is 3.34. The largest absolute Gasteiger partial charge is 0.309 e. The Balaban J connectivity index is 1.14. The lowest BCUT2D eigenvalue weighted by Gasteiger charge is -2.22. The fraction of sp³-hybridized carbons (Fsp3) is 0.0652. The molecule has 0 radical (unpaired) electrons. The molecule has 0 saturated heterocycles. The highest BCUT2D eigenvalue weighted by atomic mass is 16.1. The molecule has 11 rings (SSSR count). The fourth-order valence-electron chi connectivity index (χ4n) is 9.05. The summed E-state index contributed by atoms with van der Waals surface area (Å²) in [5.41, 5.74) is 13.1. The second kappa shape index (κ2) is 9.24. The maximum absolute atomic E-state index is 13.9. The molecular weight excluding hydrogens is 597 g/mol. The highest BCUT2D eigenvalue weighted by Gasteiger charge is 2.37. The van der Waals surface area contributed by atoms with Crippen molar-refractivity contribution in [3.63, 3.8) is 0 Å². The standard InChI is InChI=1S/C46H30N2O/c1-46(2)38-18-10-15-29(27-21-24-42-37(25-27)34-17-9-16-33-30-11-3-4-14-35(30)45(49)48(42)44(33)34)43(38)36-23-22-28(26-39(36)46)47-40-19-7-5-12-31(40)32-13-6-8-20-41(32)47/h3-26H,1-2H3. The lowest BCUT2D eigenvalue weighted by molar-refractivity contribution is 0.660. The molecule has 10 aromatic rings. The van der Waals surface area contributed by atoms with Crippen LogP contribution in [0.3, 0.4) is 0 Å². The third-order valence-corrected chi connectivity index (χ3v) is 11.3. The van der Waals surface area contributed by atoms with Crippen molar-refractivity contribution in [1.29, 1.82) is 0 Å². The molecule has 1 aliphatic carbocycles. The van der Waals surface area contributed by atoms with E-state index in [1.165, 1.54) is 55.3 Å². The Morgan fingerprint density at radius 1 is 0.469 bits per heavy atom. The summed E-state index contributed by atoms with van der Waals surface area (Å²) in [7, 11) is 0. The first-order valence-corrected chi connectivity index (χ1v) is 17.0. The molecule has 0 amide bonds. The molecule has 3 aromatic heterocycles. The van der Waals surface area contributed by atoms with Crippen LogP contribution >= 0.6 is 0 Å². The molecule has 0 bridgehead atoms. The van der Waals surface area contributed by atoms with Gasteiger partial charge in [0.15, 0.2) is 0 Å². The van der Waals surface area contributed by atoms with Crippen LogP contribution < -0.4 is 5.56 Å². The van der Waals surface area contributed by atoms with Crippen LogP contribution in [0, 0.1) is 0 Å². The van der Waals surface area contributed by atoms with Crippen LogP contribution in [-0.2, 0) is 5.41 Å². The van der Waals surface area contributed by atoms with Gasteiger partial charge in [-0.1, -0.05) is 117 Å². The minimum Gasteiger partial charge on any atom is -0.309 e. The van der Waals surface area contributed by atoms with Gasteiger partial charge in [0.25, 0.3) is 5.56 Å². The van der Waals surface area contributed by atoms with Gasteiger partial charge in [-0.2, -0.15) is 0 Å². The second-order valence-electron chi connectivity index (χ2n) is 14.1. The highest BCUT2D eigenvalue weighted by Crippen LogP contribution is 2.53. The molecule has 0 spiro atoms. The summed E-state index contributed by atoms with van der Waals surface area (Å²) >= 11 is 0. The SMILES string of the molecule is CC1(C)c2cc(-n3c4ccccc4c4ccccc43)ccc2-c2c(-c3ccc4c(c3)c3cccc5c6ccccc6c(=O)n4c53)cccc21. The quantitative estimate of drug-likeness (QED) is 0.175. The lowest BCUT2D eigenvalue weighted by Crippen LogP contribution is -2.15. The zero-order chi connectivity index (χ0) is 32.6. The summed E-state index contributed by atoms with van der Waals surface area (Å²) in [5.74, 6) is 0. The Hall–Kier alpha value is -6.19. The number of aromatic nitrogens is 2. The van der Waals surface area contributed by atoms with Crippen LogP contribution in [0.25, 0.3) is 87.7 Å². The van der Waals surface area contributed by atoms with Crippen LogP contribution in [-0.4, -0.2) is 8.97 Å². The summed E-state index contributed by atoms with van der Waals surface area (Å²) in [4.78, 5) is 13.9. The first-order chi connectivity index (χ1) is 24.0. The summed E-state index contributed by atoms with van der Waals surface area (Å²) in [5, 5.41) is 7.63. The second-order valence-corrected chi connectivity index (χ2v) is 14.1. The van der Waals surface area contributed by atoms with E-state index < -0.39 is 0 Å². The van der Waals surface area contributed by atoms with Crippen LogP contribution in [0.1, 0.15) is 25.0 Å². The van der Waals surface area contributed by atoms with Gasteiger partial charge in [-0.15, -0.1) is 0 Å². The van der Waals surface area contributed by atoms with Crippen molar-refractivity contribution in [2.75, 3.05) is 0 Å². The third-order valence-electron chi connectivity index (χ3n) is 11.3. The fourth-order valence-corrected chi connectivity index (χ4v) is 9.05. The minimum absolute atomic E-state index is 0.0392. The van der Waals surface area contributed by atoms with Crippen LogP contribution in [0.5, 0.6) is 0 Å². The number of rotatable bonds is 2. The predicted octanol–water partition coefficient (Wildman–Crippen LogP) is 11.3. The number of pyridine rings is 1. The molecule has 49 heavy (non-hydrogen) atoms. The molecule has 7 aromatic carbocycles. The number of nitrogens with zero attached hydrogens (tertiary/aromatic N) is 2. The molecule has 1 aliphatic rings. The van der Waals surface area contributed by atoms with Crippen molar-refractivity contribution in [2.24, 2.45) is 0 Å². The van der Waals surface area contributed by atoms with Gasteiger partial charge in [0, 0.05) is 43.4 Å². The number of fused-ring (bicyclic) bond motifs is 11. The maximum Gasteiger partial charge on any atom is 0.263 e. The van der Waals surface area contributed by atoms with Crippen molar-refractivity contribution in [3.8, 4) is 27.9 Å². The van der Waals surface area contributed by atoms with E-state index in [0.717, 1.165) is 43.5 Å². The highest BCUT2D eigenvalue weighted by molar-refractivity contribution is 6.20. The lowest BCUT2D eigenvalue weighted by atomic mass is 9.82. The molecule has 0 saturated carbocycles. The van der Waals surface area contributed by atoms with E-state index in [4.69, 9.17) is 0 Å². The van der Waals surface area contributed by atoms with E-state index >= 15 is 0 Å². The van der Waals surface area contributed by atoms with E-state index in [-0.39, 0.29) is 11.0 Å². The average molecular weight is 627 g/mol. The van der Waals surface area contributed by atoms with Gasteiger partial charge >= 0.3 is 0 Å². The molecule has 3 heteroatoms. The maximum atomic E-state index is 13.9. The number of hydrogen-bond acceptors (Lipinski definition) is 1. The molecule has 0 fully saturated rings. The molecule has 0 N–H and O–H groups in total. The molecule has 0 unspecified atom stereocenters. The van der Waals surface area contributed by atoms with Gasteiger partial charge in [0.2, 0.25) is 0 Å². The molecule has 0 aliphatic heterocycles. The molecule has 0 atom stereocenters. The molecule has 230 valence electrons. The smallest absolute Gasteiger partial charge is 0.263 e. The van der Waals surface area contributed by atoms with Crippen LogP contribution in [0.4, 0.5) is 0 Å². The van der Waals surface area contributed by atoms with Gasteiger partial charge in [-0.3, -0.25) is 9.20 Å². The number of para-hydroxylation sites is 3. The van der Waals surface area contributed by atoms with E-state index in [9.17, 15) is 4.79 Å². The van der Waals surface area contributed by atoms with Crippen molar-refractivity contribution < 1.29 is 0 Å². The zero-order valence-corrected chi connectivity index (χ0v) is 27.2. The van der Waals surface area contributed by atoms with Gasteiger partial charge in [-0.05, 0) is 81.2 Å². The van der Waals surface area contributed by atoms with Gasteiger partial charge in [0.05, 0.1) is 22.1 Å². The van der Waals surface area contributed by atoms with E-state index in [1.54, 1.807) is 0 Å². The monoisotopic (exact) mass is 626 g/mol. The zero-order valence-electron chi connectivity index (χ0n) is 27.2. The number of benzene rings is 7. The van der Waals surface area contributed by atoms with Gasteiger partial charge < -0.3 is 4.57 Å². The summed E-state index contributed by atoms with van der Waals surface area (Å²) in [6.45, 7) is 4.71. The summed E-state index contributed by atoms with van der Waals surface area (Å²) < 4.78 is 4.34. The first kappa shape index (κ1) is 26.8. The Labute approximate surface area is 282 Å². The number of hydrogen-bond donors (Lipinski definition) is 0. The topological polar surface area (TPSA) is 26.4 Å².